The second kappa shape index (κ2) is 5.08. The van der Waals surface area contributed by atoms with Gasteiger partial charge in [0.05, 0.1) is 11.1 Å². The molecule has 1 heterocycles. The van der Waals surface area contributed by atoms with Crippen LogP contribution in [0.1, 0.15) is 38.8 Å². The van der Waals surface area contributed by atoms with Crippen molar-refractivity contribution in [2.24, 2.45) is 0 Å². The molecule has 113 valence electrons. The summed E-state index contributed by atoms with van der Waals surface area (Å²) >= 11 is 0. The molecule has 0 aromatic heterocycles. The van der Waals surface area contributed by atoms with Crippen LogP contribution < -0.4 is 0 Å². The smallest absolute Gasteiger partial charge is 0.0705 e. The lowest BCUT2D eigenvalue weighted by atomic mass is 9.82. The van der Waals surface area contributed by atoms with Crippen molar-refractivity contribution in [2.45, 2.75) is 38.8 Å². The highest BCUT2D eigenvalue weighted by Gasteiger charge is 2.52. The number of rotatable bonds is 2. The minimum atomic E-state index is -0.559. The van der Waals surface area contributed by atoms with Crippen molar-refractivity contribution in [3.05, 3.63) is 71.8 Å². The van der Waals surface area contributed by atoms with Crippen LogP contribution in [0.2, 0.25) is 0 Å². The maximum Gasteiger partial charge on any atom is 0.0705 e. The lowest BCUT2D eigenvalue weighted by Crippen LogP contribution is -2.47. The first-order valence-electron chi connectivity index (χ1n) is 7.70. The molecule has 0 saturated heterocycles. The van der Waals surface area contributed by atoms with Crippen LogP contribution in [0.4, 0.5) is 0 Å². The van der Waals surface area contributed by atoms with E-state index in [4.69, 9.17) is 0 Å². The van der Waals surface area contributed by atoms with Crippen LogP contribution in [0.25, 0.3) is 11.1 Å². The highest BCUT2D eigenvalue weighted by atomic mass is 16.5. The molecule has 2 heteroatoms. The molecule has 3 rings (SSSR count). The summed E-state index contributed by atoms with van der Waals surface area (Å²) < 4.78 is 0. The molecule has 2 nitrogen and oxygen atoms in total. The van der Waals surface area contributed by atoms with Crippen LogP contribution in [-0.4, -0.2) is 16.1 Å². The van der Waals surface area contributed by atoms with E-state index in [1.165, 1.54) is 5.06 Å². The van der Waals surface area contributed by atoms with E-state index < -0.39 is 11.1 Å². The highest BCUT2D eigenvalue weighted by Crippen LogP contribution is 2.52. The first-order chi connectivity index (χ1) is 10.4. The summed E-state index contributed by atoms with van der Waals surface area (Å²) in [6, 6.07) is 20.5. The third kappa shape index (κ3) is 2.11. The quantitative estimate of drug-likeness (QED) is 0.778. The molecule has 22 heavy (non-hydrogen) atoms. The summed E-state index contributed by atoms with van der Waals surface area (Å²) in [5, 5.41) is 14.2. The third-order valence-corrected chi connectivity index (χ3v) is 4.61. The lowest BCUT2D eigenvalue weighted by molar-refractivity contribution is -0.232. The second-order valence-electron chi connectivity index (χ2n) is 6.89. The van der Waals surface area contributed by atoms with Gasteiger partial charge in [-0.15, -0.1) is 10.3 Å². The Morgan fingerprint density at radius 3 is 1.27 bits per heavy atom. The van der Waals surface area contributed by atoms with Crippen molar-refractivity contribution in [3.8, 4) is 0 Å². The molecule has 0 atom stereocenters. The van der Waals surface area contributed by atoms with Gasteiger partial charge in [0.25, 0.3) is 0 Å². The zero-order valence-corrected chi connectivity index (χ0v) is 13.6. The average molecular weight is 292 g/mol. The summed E-state index contributed by atoms with van der Waals surface area (Å²) in [7, 11) is 0. The Balaban J connectivity index is 2.34. The molecule has 0 spiro atoms. The summed E-state index contributed by atoms with van der Waals surface area (Å²) in [6.45, 7) is 8.06. The van der Waals surface area contributed by atoms with Crippen LogP contribution in [0.5, 0.6) is 0 Å². The SMILES string of the molecule is CC1(C)C(c2ccccc2)=C(c2ccccc2)C(C)(C)N1[O]. The summed E-state index contributed by atoms with van der Waals surface area (Å²) in [6.07, 6.45) is 0. The topological polar surface area (TPSA) is 23.1 Å². The van der Waals surface area contributed by atoms with E-state index >= 15 is 0 Å². The first kappa shape index (κ1) is 15.0. The van der Waals surface area contributed by atoms with Crippen molar-refractivity contribution < 1.29 is 5.21 Å². The van der Waals surface area contributed by atoms with Gasteiger partial charge in [-0.3, -0.25) is 0 Å². The summed E-state index contributed by atoms with van der Waals surface area (Å²) in [5.41, 5.74) is 3.38. The van der Waals surface area contributed by atoms with Gasteiger partial charge in [0.2, 0.25) is 0 Å². The molecule has 2 aromatic carbocycles. The monoisotopic (exact) mass is 292 g/mol. The predicted octanol–water partition coefficient (Wildman–Crippen LogP) is 4.82. The molecule has 0 saturated carbocycles. The minimum Gasteiger partial charge on any atom is -0.135 e. The Hall–Kier alpha value is -1.90. The molecule has 2 aromatic rings. The molecule has 0 amide bonds. The van der Waals surface area contributed by atoms with Crippen LogP contribution >= 0.6 is 0 Å². The summed E-state index contributed by atoms with van der Waals surface area (Å²) in [5.74, 6) is 0. The van der Waals surface area contributed by atoms with Gasteiger partial charge < -0.3 is 0 Å². The number of benzene rings is 2. The minimum absolute atomic E-state index is 0.559. The second-order valence-corrected chi connectivity index (χ2v) is 6.89. The Morgan fingerprint density at radius 2 is 0.955 bits per heavy atom. The molecule has 0 unspecified atom stereocenters. The van der Waals surface area contributed by atoms with E-state index in [1.807, 2.05) is 64.1 Å². The van der Waals surface area contributed by atoms with Crippen LogP contribution in [0.15, 0.2) is 60.7 Å². The Morgan fingerprint density at radius 1 is 0.636 bits per heavy atom. The molecule has 1 aliphatic heterocycles. The molecule has 1 aliphatic rings. The van der Waals surface area contributed by atoms with Gasteiger partial charge in [0, 0.05) is 0 Å². The van der Waals surface area contributed by atoms with Crippen LogP contribution in [0.3, 0.4) is 0 Å². The van der Waals surface area contributed by atoms with E-state index in [0.29, 0.717) is 0 Å². The fourth-order valence-corrected chi connectivity index (χ4v) is 3.72. The Labute approximate surface area is 132 Å². The van der Waals surface area contributed by atoms with E-state index in [0.717, 1.165) is 22.3 Å². The number of nitrogens with zero attached hydrogens (tertiary/aromatic N) is 1. The summed E-state index contributed by atoms with van der Waals surface area (Å²) in [4.78, 5) is 0. The molecule has 1 radical (unpaired) electrons. The van der Waals surface area contributed by atoms with Crippen LogP contribution in [-0.2, 0) is 5.21 Å². The fourth-order valence-electron chi connectivity index (χ4n) is 3.72. The van der Waals surface area contributed by atoms with E-state index in [1.54, 1.807) is 0 Å². The van der Waals surface area contributed by atoms with Crippen LogP contribution in [0, 0.1) is 0 Å². The molecule has 0 fully saturated rings. The molecule has 0 bridgehead atoms. The van der Waals surface area contributed by atoms with E-state index in [2.05, 4.69) is 24.3 Å². The van der Waals surface area contributed by atoms with Gasteiger partial charge in [-0.2, -0.15) is 0 Å². The van der Waals surface area contributed by atoms with Gasteiger partial charge in [0.15, 0.2) is 0 Å². The number of hydroxylamine groups is 2. The Bertz CT molecular complexity index is 638. The molecule has 0 aliphatic carbocycles. The van der Waals surface area contributed by atoms with Crippen molar-refractivity contribution >= 4 is 11.1 Å². The first-order valence-corrected chi connectivity index (χ1v) is 7.70. The van der Waals surface area contributed by atoms with Gasteiger partial charge in [-0.05, 0) is 50.0 Å². The zero-order chi connectivity index (χ0) is 16.0. The lowest BCUT2D eigenvalue weighted by Gasteiger charge is -2.34. The average Bonchev–Trinajstić information content (AvgIpc) is 2.66. The number of hydrogen-bond acceptors (Lipinski definition) is 1. The number of hydrogen-bond donors (Lipinski definition) is 0. The predicted molar refractivity (Wildman–Crippen MR) is 90.4 cm³/mol. The van der Waals surface area contributed by atoms with Crippen molar-refractivity contribution in [2.75, 3.05) is 0 Å². The fraction of sp³-hybridized carbons (Fsp3) is 0.300. The normalized spacial score (nSPS) is 20.4. The largest absolute Gasteiger partial charge is 0.135 e. The maximum atomic E-state index is 13.0. The van der Waals surface area contributed by atoms with Gasteiger partial charge in [-0.25, -0.2) is 0 Å². The van der Waals surface area contributed by atoms with Crippen molar-refractivity contribution in [1.29, 1.82) is 0 Å². The van der Waals surface area contributed by atoms with Gasteiger partial charge >= 0.3 is 0 Å². The third-order valence-electron chi connectivity index (χ3n) is 4.61. The zero-order valence-electron chi connectivity index (χ0n) is 13.6. The van der Waals surface area contributed by atoms with Gasteiger partial charge in [-0.1, -0.05) is 60.7 Å². The van der Waals surface area contributed by atoms with E-state index in [9.17, 15) is 5.21 Å². The van der Waals surface area contributed by atoms with E-state index in [-0.39, 0.29) is 0 Å². The Kier molecular flexibility index (Phi) is 3.47. The molecular formula is C20H22NO. The molecular weight excluding hydrogens is 270 g/mol. The molecule has 0 N–H and O–H groups in total. The van der Waals surface area contributed by atoms with Gasteiger partial charge in [0.1, 0.15) is 0 Å². The standard InChI is InChI=1S/C20H22NO/c1-19(2)17(15-11-7-5-8-12-15)18(20(3,4)21(19)22)16-13-9-6-10-14-16/h5-14H,1-4H3. The van der Waals surface area contributed by atoms with Crippen molar-refractivity contribution in [1.82, 2.24) is 5.06 Å². The van der Waals surface area contributed by atoms with Crippen molar-refractivity contribution in [3.63, 3.8) is 0 Å². The highest BCUT2D eigenvalue weighted by molar-refractivity contribution is 6.00. The maximum absolute atomic E-state index is 13.0.